The normalized spacial score (nSPS) is 10.9. The van der Waals surface area contributed by atoms with Crippen LogP contribution in [0.4, 0.5) is 5.69 Å². The average molecular weight is 279 g/mol. The highest BCUT2D eigenvalue weighted by Gasteiger charge is 2.05. The first-order chi connectivity index (χ1) is 9.28. The van der Waals surface area contributed by atoms with Crippen LogP contribution in [-0.2, 0) is 6.54 Å². The van der Waals surface area contributed by atoms with Gasteiger partial charge < -0.3 is 9.73 Å². The summed E-state index contributed by atoms with van der Waals surface area (Å²) in [6.45, 7) is 5.88. The van der Waals surface area contributed by atoms with Gasteiger partial charge in [-0.2, -0.15) is 0 Å². The van der Waals surface area contributed by atoms with Crippen molar-refractivity contribution >= 4 is 17.3 Å². The molecule has 0 saturated carbocycles. The third-order valence-electron chi connectivity index (χ3n) is 3.01. The number of furan rings is 1. The molecule has 0 bridgehead atoms. The third kappa shape index (κ3) is 4.62. The highest BCUT2D eigenvalue weighted by atomic mass is 35.5. The molecule has 0 saturated heterocycles. The number of nitrogens with one attached hydrogen (secondary N) is 1. The van der Waals surface area contributed by atoms with Gasteiger partial charge in [-0.1, -0.05) is 18.5 Å². The van der Waals surface area contributed by atoms with Crippen molar-refractivity contribution < 1.29 is 4.42 Å². The Kier molecular flexibility index (Phi) is 5.31. The van der Waals surface area contributed by atoms with Crippen molar-refractivity contribution in [1.29, 1.82) is 0 Å². The number of benzene rings is 1. The van der Waals surface area contributed by atoms with Gasteiger partial charge in [0.2, 0.25) is 0 Å². The van der Waals surface area contributed by atoms with Crippen LogP contribution in [0, 0.1) is 0 Å². The maximum atomic E-state index is 5.85. The van der Waals surface area contributed by atoms with E-state index < -0.39 is 0 Å². The molecule has 1 aromatic heterocycles. The average Bonchev–Trinajstić information content (AvgIpc) is 2.93. The molecule has 0 aliphatic rings. The van der Waals surface area contributed by atoms with Crippen molar-refractivity contribution in [2.45, 2.75) is 13.5 Å². The van der Waals surface area contributed by atoms with Crippen molar-refractivity contribution in [3.8, 4) is 0 Å². The zero-order valence-corrected chi connectivity index (χ0v) is 11.9. The molecule has 4 heteroatoms. The number of hydrogen-bond acceptors (Lipinski definition) is 3. The Morgan fingerprint density at radius 1 is 1.21 bits per heavy atom. The minimum absolute atomic E-state index is 0.763. The van der Waals surface area contributed by atoms with Gasteiger partial charge in [-0.15, -0.1) is 0 Å². The topological polar surface area (TPSA) is 28.4 Å². The van der Waals surface area contributed by atoms with Crippen LogP contribution in [0.1, 0.15) is 12.7 Å². The summed E-state index contributed by atoms with van der Waals surface area (Å²) in [6.07, 6.45) is 1.72. The van der Waals surface area contributed by atoms with Gasteiger partial charge in [0.25, 0.3) is 0 Å². The number of hydrogen-bond donors (Lipinski definition) is 1. The van der Waals surface area contributed by atoms with Crippen molar-refractivity contribution in [3.05, 3.63) is 53.4 Å². The maximum absolute atomic E-state index is 5.85. The Bertz CT molecular complexity index is 467. The number of likely N-dealkylation sites (N-methyl/N-ethyl adjacent to an activating group) is 1. The molecular formula is C15H19ClN2O. The van der Waals surface area contributed by atoms with Crippen LogP contribution in [0.3, 0.4) is 0 Å². The SMILES string of the molecule is CCN(CCNc1ccc(Cl)cc1)Cc1ccco1. The standard InChI is InChI=1S/C15H19ClN2O/c1-2-18(12-15-4-3-11-19-15)10-9-17-14-7-5-13(16)6-8-14/h3-8,11,17H,2,9-10,12H2,1H3. The van der Waals surface area contributed by atoms with Gasteiger partial charge in [0, 0.05) is 23.8 Å². The molecule has 1 heterocycles. The van der Waals surface area contributed by atoms with Crippen LogP contribution in [0.2, 0.25) is 5.02 Å². The second-order valence-electron chi connectivity index (χ2n) is 4.38. The van der Waals surface area contributed by atoms with Gasteiger partial charge >= 0.3 is 0 Å². The molecule has 0 aliphatic heterocycles. The summed E-state index contributed by atoms with van der Waals surface area (Å²) < 4.78 is 5.37. The van der Waals surface area contributed by atoms with Crippen LogP contribution >= 0.6 is 11.6 Å². The van der Waals surface area contributed by atoms with E-state index in [9.17, 15) is 0 Å². The molecule has 0 fully saturated rings. The molecule has 19 heavy (non-hydrogen) atoms. The Morgan fingerprint density at radius 2 is 2.00 bits per heavy atom. The van der Waals surface area contributed by atoms with Crippen LogP contribution in [-0.4, -0.2) is 24.5 Å². The van der Waals surface area contributed by atoms with Gasteiger partial charge in [0.1, 0.15) is 5.76 Å². The number of rotatable bonds is 7. The van der Waals surface area contributed by atoms with Crippen LogP contribution < -0.4 is 5.32 Å². The number of nitrogens with zero attached hydrogens (tertiary/aromatic N) is 1. The van der Waals surface area contributed by atoms with Crippen molar-refractivity contribution in [2.75, 3.05) is 25.0 Å². The molecule has 0 amide bonds. The lowest BCUT2D eigenvalue weighted by molar-refractivity contribution is 0.265. The molecule has 0 unspecified atom stereocenters. The first-order valence-electron chi connectivity index (χ1n) is 6.52. The summed E-state index contributed by atoms with van der Waals surface area (Å²) in [5, 5.41) is 4.15. The van der Waals surface area contributed by atoms with E-state index in [2.05, 4.69) is 17.1 Å². The predicted octanol–water partition coefficient (Wildman–Crippen LogP) is 3.87. The molecular weight excluding hydrogens is 260 g/mol. The fourth-order valence-electron chi connectivity index (χ4n) is 1.90. The van der Waals surface area contributed by atoms with Gasteiger partial charge in [0.15, 0.2) is 0 Å². The van der Waals surface area contributed by atoms with E-state index in [0.717, 1.165) is 42.6 Å². The summed E-state index contributed by atoms with van der Waals surface area (Å²) in [5.41, 5.74) is 1.10. The van der Waals surface area contributed by atoms with Gasteiger partial charge in [0.05, 0.1) is 12.8 Å². The Morgan fingerprint density at radius 3 is 2.63 bits per heavy atom. The van der Waals surface area contributed by atoms with E-state index in [-0.39, 0.29) is 0 Å². The highest BCUT2D eigenvalue weighted by molar-refractivity contribution is 6.30. The molecule has 2 aromatic rings. The maximum Gasteiger partial charge on any atom is 0.117 e. The number of halogens is 1. The minimum Gasteiger partial charge on any atom is -0.468 e. The summed E-state index contributed by atoms with van der Waals surface area (Å²) in [5.74, 6) is 1.01. The predicted molar refractivity (Wildman–Crippen MR) is 79.6 cm³/mol. The molecule has 1 aromatic carbocycles. The minimum atomic E-state index is 0.763. The smallest absolute Gasteiger partial charge is 0.117 e. The van der Waals surface area contributed by atoms with E-state index >= 15 is 0 Å². The first-order valence-corrected chi connectivity index (χ1v) is 6.90. The lowest BCUT2D eigenvalue weighted by Gasteiger charge is -2.19. The summed E-state index contributed by atoms with van der Waals surface area (Å²) >= 11 is 5.85. The van der Waals surface area contributed by atoms with E-state index in [4.69, 9.17) is 16.0 Å². The monoisotopic (exact) mass is 278 g/mol. The van der Waals surface area contributed by atoms with Crippen LogP contribution in [0.25, 0.3) is 0 Å². The van der Waals surface area contributed by atoms with Crippen molar-refractivity contribution in [1.82, 2.24) is 4.90 Å². The molecule has 2 rings (SSSR count). The molecule has 0 aliphatic carbocycles. The molecule has 0 spiro atoms. The molecule has 0 radical (unpaired) electrons. The second kappa shape index (κ2) is 7.22. The fourth-order valence-corrected chi connectivity index (χ4v) is 2.02. The van der Waals surface area contributed by atoms with E-state index in [1.54, 1.807) is 6.26 Å². The lowest BCUT2D eigenvalue weighted by Crippen LogP contribution is -2.28. The van der Waals surface area contributed by atoms with Crippen LogP contribution in [0.5, 0.6) is 0 Å². The third-order valence-corrected chi connectivity index (χ3v) is 3.26. The Balaban J connectivity index is 1.75. The van der Waals surface area contributed by atoms with Crippen molar-refractivity contribution in [3.63, 3.8) is 0 Å². The van der Waals surface area contributed by atoms with Gasteiger partial charge in [-0.3, -0.25) is 4.90 Å². The summed E-state index contributed by atoms with van der Waals surface area (Å²) in [7, 11) is 0. The van der Waals surface area contributed by atoms with E-state index in [0.29, 0.717) is 0 Å². The molecule has 3 nitrogen and oxygen atoms in total. The highest BCUT2D eigenvalue weighted by Crippen LogP contribution is 2.13. The molecule has 1 N–H and O–H groups in total. The zero-order chi connectivity index (χ0) is 13.5. The molecule has 102 valence electrons. The first kappa shape index (κ1) is 14.0. The quantitative estimate of drug-likeness (QED) is 0.833. The Labute approximate surface area is 119 Å². The Hall–Kier alpha value is -1.45. The van der Waals surface area contributed by atoms with Crippen LogP contribution in [0.15, 0.2) is 47.1 Å². The van der Waals surface area contributed by atoms with Crippen molar-refractivity contribution in [2.24, 2.45) is 0 Å². The zero-order valence-electron chi connectivity index (χ0n) is 11.1. The largest absolute Gasteiger partial charge is 0.468 e. The lowest BCUT2D eigenvalue weighted by atomic mass is 10.3. The summed E-state index contributed by atoms with van der Waals surface area (Å²) in [6, 6.07) is 11.7. The molecule has 0 atom stereocenters. The van der Waals surface area contributed by atoms with Gasteiger partial charge in [-0.05, 0) is 42.9 Å². The van der Waals surface area contributed by atoms with Gasteiger partial charge in [-0.25, -0.2) is 0 Å². The summed E-state index contributed by atoms with van der Waals surface area (Å²) in [4.78, 5) is 2.34. The van der Waals surface area contributed by atoms with E-state index in [1.165, 1.54) is 0 Å². The van der Waals surface area contributed by atoms with E-state index in [1.807, 2.05) is 36.4 Å². The fraction of sp³-hybridized carbons (Fsp3) is 0.333. The second-order valence-corrected chi connectivity index (χ2v) is 4.82. The number of anilines is 1.